The molecule has 3 nitrogen and oxygen atoms in total. The van der Waals surface area contributed by atoms with Crippen molar-refractivity contribution in [2.75, 3.05) is 18.0 Å². The second kappa shape index (κ2) is 8.76. The fraction of sp³-hybridized carbons (Fsp3) is 0.200. The number of nitrogens with zero attached hydrogens (tertiary/aromatic N) is 1. The van der Waals surface area contributed by atoms with E-state index in [-0.39, 0.29) is 0 Å². The number of hydrogen-bond donors (Lipinski definition) is 1. The van der Waals surface area contributed by atoms with Crippen molar-refractivity contribution in [1.29, 1.82) is 0 Å². The van der Waals surface area contributed by atoms with Crippen LogP contribution in [0.15, 0.2) is 88.7 Å². The van der Waals surface area contributed by atoms with Gasteiger partial charge in [0.2, 0.25) is 0 Å². The molecule has 0 radical (unpaired) electrons. The van der Waals surface area contributed by atoms with E-state index in [2.05, 4.69) is 72.6 Å². The van der Waals surface area contributed by atoms with Crippen LogP contribution < -0.4 is 10.2 Å². The monoisotopic (exact) mass is 402 g/mol. The van der Waals surface area contributed by atoms with Crippen LogP contribution >= 0.6 is 0 Å². The summed E-state index contributed by atoms with van der Waals surface area (Å²) in [6, 6.07) is 22.5. The first-order chi connectivity index (χ1) is 14.2. The smallest absolute Gasteiger partial charge is 0.0892 e. The Morgan fingerprint density at radius 2 is 1.66 bits per heavy atom. The maximum Gasteiger partial charge on any atom is 0.0892 e. The Hall–Kier alpha value is -2.69. The van der Waals surface area contributed by atoms with Crippen molar-refractivity contribution >= 4 is 22.2 Å². The number of rotatable bonds is 6. The molecule has 148 valence electrons. The van der Waals surface area contributed by atoms with Gasteiger partial charge in [-0.3, -0.25) is 0 Å². The van der Waals surface area contributed by atoms with Gasteiger partial charge in [0.05, 0.1) is 32.0 Å². The van der Waals surface area contributed by atoms with Crippen molar-refractivity contribution in [3.8, 4) is 0 Å². The van der Waals surface area contributed by atoms with Gasteiger partial charge in [0, 0.05) is 19.6 Å². The fourth-order valence-electron chi connectivity index (χ4n) is 3.69. The van der Waals surface area contributed by atoms with Crippen molar-refractivity contribution in [1.82, 2.24) is 5.32 Å². The van der Waals surface area contributed by atoms with E-state index in [9.17, 15) is 4.21 Å². The zero-order chi connectivity index (χ0) is 20.2. The van der Waals surface area contributed by atoms with E-state index in [1.807, 2.05) is 30.3 Å². The molecule has 0 aromatic heterocycles. The Labute approximate surface area is 175 Å². The Morgan fingerprint density at radius 1 is 0.897 bits per heavy atom. The third-order valence-electron chi connectivity index (χ3n) is 5.38. The second-order valence-corrected chi connectivity index (χ2v) is 8.71. The van der Waals surface area contributed by atoms with Crippen molar-refractivity contribution in [2.45, 2.75) is 30.2 Å². The topological polar surface area (TPSA) is 32.3 Å². The van der Waals surface area contributed by atoms with Crippen LogP contribution in [-0.4, -0.2) is 17.3 Å². The molecule has 0 saturated carbocycles. The third kappa shape index (κ3) is 4.04. The molecule has 1 aliphatic heterocycles. The van der Waals surface area contributed by atoms with Gasteiger partial charge in [-0.2, -0.15) is 0 Å². The number of fused-ring (bicyclic) bond motifs is 2. The van der Waals surface area contributed by atoms with E-state index in [1.165, 1.54) is 16.7 Å². The summed E-state index contributed by atoms with van der Waals surface area (Å²) in [5.41, 5.74) is 5.82. The highest BCUT2D eigenvalue weighted by Crippen LogP contribution is 2.44. The molecule has 1 atom stereocenters. The lowest BCUT2D eigenvalue weighted by molar-refractivity contribution is 0.681. The molecule has 4 heteroatoms. The minimum atomic E-state index is -1.14. The van der Waals surface area contributed by atoms with Crippen molar-refractivity contribution in [3.05, 3.63) is 95.6 Å². The molecule has 1 unspecified atom stereocenters. The van der Waals surface area contributed by atoms with Crippen LogP contribution in [0.3, 0.4) is 0 Å². The summed E-state index contributed by atoms with van der Waals surface area (Å²) in [6.45, 7) is 6.66. The SMILES string of the molecule is Cc1ccc2c(c1C)N(CC=CCNCc1ccccc1)c1ccccc1S2=O. The summed E-state index contributed by atoms with van der Waals surface area (Å²) in [4.78, 5) is 4.09. The first-order valence-electron chi connectivity index (χ1n) is 9.95. The van der Waals surface area contributed by atoms with Gasteiger partial charge in [-0.05, 0) is 48.7 Å². The molecule has 1 heterocycles. The number of anilines is 2. The van der Waals surface area contributed by atoms with Crippen molar-refractivity contribution < 1.29 is 4.21 Å². The quantitative estimate of drug-likeness (QED) is 0.450. The average molecular weight is 403 g/mol. The molecule has 1 N–H and O–H groups in total. The molecule has 3 aromatic rings. The van der Waals surface area contributed by atoms with Crippen molar-refractivity contribution in [2.24, 2.45) is 0 Å². The van der Waals surface area contributed by atoms with Crippen LogP contribution in [0.4, 0.5) is 11.4 Å². The first kappa shape index (κ1) is 19.6. The van der Waals surface area contributed by atoms with Crippen LogP contribution in [0.1, 0.15) is 16.7 Å². The highest BCUT2D eigenvalue weighted by atomic mass is 32.2. The lowest BCUT2D eigenvalue weighted by Crippen LogP contribution is -2.25. The number of hydrogen-bond acceptors (Lipinski definition) is 3. The minimum Gasteiger partial charge on any atom is -0.335 e. The Balaban J connectivity index is 1.52. The third-order valence-corrected chi connectivity index (χ3v) is 6.85. The molecular formula is C25H26N2OS. The summed E-state index contributed by atoms with van der Waals surface area (Å²) in [7, 11) is -1.14. The molecule has 0 amide bonds. The van der Waals surface area contributed by atoms with Crippen LogP contribution in [0.5, 0.6) is 0 Å². The Kier molecular flexibility index (Phi) is 5.93. The van der Waals surface area contributed by atoms with Crippen LogP contribution in [0.2, 0.25) is 0 Å². The standard InChI is InChI=1S/C25H26N2OS/c1-19-14-15-24-25(20(19)2)27(22-12-6-7-13-23(22)29(24)28)17-9-8-16-26-18-21-10-4-3-5-11-21/h3-15,26H,16-18H2,1-2H3. The predicted octanol–water partition coefficient (Wildman–Crippen LogP) is 5.27. The van der Waals surface area contributed by atoms with E-state index in [1.54, 1.807) is 0 Å². The highest BCUT2D eigenvalue weighted by Gasteiger charge is 2.29. The first-order valence-corrected chi connectivity index (χ1v) is 11.1. The molecule has 0 saturated heterocycles. The fourth-order valence-corrected chi connectivity index (χ4v) is 5.12. The molecule has 0 fully saturated rings. The van der Waals surface area contributed by atoms with Gasteiger partial charge in [-0.25, -0.2) is 4.21 Å². The molecule has 3 aromatic carbocycles. The van der Waals surface area contributed by atoms with Gasteiger partial charge in [0.25, 0.3) is 0 Å². The van der Waals surface area contributed by atoms with Gasteiger partial charge >= 0.3 is 0 Å². The largest absolute Gasteiger partial charge is 0.335 e. The van der Waals surface area contributed by atoms with Gasteiger partial charge in [-0.15, -0.1) is 0 Å². The lowest BCUT2D eigenvalue weighted by Gasteiger charge is -2.33. The van der Waals surface area contributed by atoms with Crippen LogP contribution in [0, 0.1) is 13.8 Å². The number of nitrogens with one attached hydrogen (secondary N) is 1. The van der Waals surface area contributed by atoms with E-state index in [4.69, 9.17) is 0 Å². The zero-order valence-corrected chi connectivity index (χ0v) is 17.7. The molecular weight excluding hydrogens is 376 g/mol. The Bertz CT molecular complexity index is 1060. The average Bonchev–Trinajstić information content (AvgIpc) is 2.76. The van der Waals surface area contributed by atoms with Crippen LogP contribution in [-0.2, 0) is 17.3 Å². The summed E-state index contributed by atoms with van der Waals surface area (Å²) in [6.07, 6.45) is 4.36. The molecule has 0 aliphatic carbocycles. The summed E-state index contributed by atoms with van der Waals surface area (Å²) in [5, 5.41) is 3.45. The summed E-state index contributed by atoms with van der Waals surface area (Å²) < 4.78 is 13.1. The summed E-state index contributed by atoms with van der Waals surface area (Å²) in [5.74, 6) is 0. The lowest BCUT2D eigenvalue weighted by atomic mass is 10.1. The number of benzene rings is 3. The van der Waals surface area contributed by atoms with Crippen LogP contribution in [0.25, 0.3) is 0 Å². The maximum atomic E-state index is 13.1. The molecule has 4 rings (SSSR count). The van der Waals surface area contributed by atoms with E-state index in [0.717, 1.165) is 40.8 Å². The van der Waals surface area contributed by atoms with Gasteiger partial charge in [0.1, 0.15) is 0 Å². The van der Waals surface area contributed by atoms with Crippen molar-refractivity contribution in [3.63, 3.8) is 0 Å². The summed E-state index contributed by atoms with van der Waals surface area (Å²) >= 11 is 0. The number of para-hydroxylation sites is 1. The van der Waals surface area contributed by atoms with Gasteiger partial charge in [0.15, 0.2) is 0 Å². The van der Waals surface area contributed by atoms with E-state index >= 15 is 0 Å². The molecule has 29 heavy (non-hydrogen) atoms. The van der Waals surface area contributed by atoms with Gasteiger partial charge < -0.3 is 10.2 Å². The highest BCUT2D eigenvalue weighted by molar-refractivity contribution is 7.85. The minimum absolute atomic E-state index is 0.749. The molecule has 0 bridgehead atoms. The van der Waals surface area contributed by atoms with Gasteiger partial charge in [-0.1, -0.05) is 60.7 Å². The number of aryl methyl sites for hydroxylation is 1. The van der Waals surface area contributed by atoms with E-state index in [0.29, 0.717) is 0 Å². The maximum absolute atomic E-state index is 13.1. The molecule has 0 spiro atoms. The Morgan fingerprint density at radius 3 is 2.48 bits per heavy atom. The molecule has 1 aliphatic rings. The predicted molar refractivity (Wildman–Crippen MR) is 121 cm³/mol. The second-order valence-electron chi connectivity index (χ2n) is 7.29. The zero-order valence-electron chi connectivity index (χ0n) is 16.9. The van der Waals surface area contributed by atoms with E-state index < -0.39 is 10.8 Å². The normalized spacial score (nSPS) is 15.4.